The minimum atomic E-state index is -0.388. The van der Waals surface area contributed by atoms with E-state index in [0.29, 0.717) is 48.4 Å². The second-order valence-corrected chi connectivity index (χ2v) is 9.40. The van der Waals surface area contributed by atoms with Crippen molar-refractivity contribution in [3.05, 3.63) is 84.5 Å². The molecule has 1 amide bonds. The minimum Gasteiger partial charge on any atom is -0.494 e. The number of hydrogen-bond acceptors (Lipinski definition) is 5. The molecule has 0 saturated carbocycles. The van der Waals surface area contributed by atoms with Gasteiger partial charge in [-0.15, -0.1) is 0 Å². The van der Waals surface area contributed by atoms with Gasteiger partial charge in [-0.25, -0.2) is 9.82 Å². The first-order valence-electron chi connectivity index (χ1n) is 10.0. The van der Waals surface area contributed by atoms with Crippen LogP contribution in [0.25, 0.3) is 0 Å². The molecule has 0 bridgehead atoms. The van der Waals surface area contributed by atoms with Crippen LogP contribution in [-0.4, -0.2) is 25.8 Å². The van der Waals surface area contributed by atoms with E-state index in [1.54, 1.807) is 43.5 Å². The van der Waals surface area contributed by atoms with E-state index in [-0.39, 0.29) is 18.3 Å². The molecule has 0 atom stereocenters. The monoisotopic (exact) mass is 656 g/mol. The summed E-state index contributed by atoms with van der Waals surface area (Å²) in [4.78, 5) is 12.5. The number of carbonyl (C=O) groups is 1. The van der Waals surface area contributed by atoms with Gasteiger partial charge in [0.25, 0.3) is 5.91 Å². The Morgan fingerprint density at radius 1 is 1.00 bits per heavy atom. The van der Waals surface area contributed by atoms with Crippen LogP contribution in [0.5, 0.6) is 17.2 Å². The van der Waals surface area contributed by atoms with Crippen molar-refractivity contribution in [3.8, 4) is 17.2 Å². The Labute approximate surface area is 221 Å². The molecule has 0 aliphatic carbocycles. The van der Waals surface area contributed by atoms with E-state index in [0.717, 1.165) is 5.56 Å². The Balaban J connectivity index is 1.73. The fourth-order valence-corrected chi connectivity index (χ4v) is 4.82. The largest absolute Gasteiger partial charge is 0.494 e. The lowest BCUT2D eigenvalue weighted by molar-refractivity contribution is 0.0955. The van der Waals surface area contributed by atoms with Crippen molar-refractivity contribution in [1.82, 2.24) is 5.43 Å². The zero-order valence-electron chi connectivity index (χ0n) is 18.2. The van der Waals surface area contributed by atoms with Crippen LogP contribution in [0.1, 0.15) is 28.4 Å². The van der Waals surface area contributed by atoms with Gasteiger partial charge in [-0.05, 0) is 96.7 Å². The van der Waals surface area contributed by atoms with Gasteiger partial charge in [0.05, 0.1) is 28.9 Å². The molecular formula is C24H20Br3FN2O4. The van der Waals surface area contributed by atoms with E-state index < -0.39 is 0 Å². The third-order valence-electron chi connectivity index (χ3n) is 4.50. The Hall–Kier alpha value is -2.43. The summed E-state index contributed by atoms with van der Waals surface area (Å²) in [6, 6.07) is 12.9. The number of nitrogens with one attached hydrogen (secondary N) is 1. The molecule has 0 radical (unpaired) electrons. The van der Waals surface area contributed by atoms with Crippen LogP contribution in [0.4, 0.5) is 4.39 Å². The summed E-state index contributed by atoms with van der Waals surface area (Å²) in [5.74, 6) is 0.940. The molecular weight excluding hydrogens is 639 g/mol. The second-order valence-electron chi connectivity index (χ2n) is 6.84. The van der Waals surface area contributed by atoms with Crippen molar-refractivity contribution < 1.29 is 23.4 Å². The highest BCUT2D eigenvalue weighted by molar-refractivity contribution is 9.11. The number of benzene rings is 3. The van der Waals surface area contributed by atoms with Crippen molar-refractivity contribution in [3.63, 3.8) is 0 Å². The molecule has 34 heavy (non-hydrogen) atoms. The number of halogens is 4. The van der Waals surface area contributed by atoms with Gasteiger partial charge < -0.3 is 14.2 Å². The summed E-state index contributed by atoms with van der Waals surface area (Å²) in [6.45, 7) is 2.55. The topological polar surface area (TPSA) is 69.2 Å². The standard InChI is InChI=1S/C24H20Br3FN2O4/c1-3-33-21-10-16(18(25)11-22(21)34-13-14-4-6-17(28)7-5-14)12-29-30-24(31)15-8-19(26)23(32-2)20(27)9-15/h4-12H,3,13H2,1-2H3,(H,30,31)/b29-12-. The quantitative estimate of drug-likeness (QED) is 0.202. The van der Waals surface area contributed by atoms with Crippen LogP contribution in [0.2, 0.25) is 0 Å². The minimum absolute atomic E-state index is 0.253. The van der Waals surface area contributed by atoms with Crippen molar-refractivity contribution in [1.29, 1.82) is 0 Å². The van der Waals surface area contributed by atoms with E-state index in [1.165, 1.54) is 18.3 Å². The summed E-state index contributed by atoms with van der Waals surface area (Å²) in [5, 5.41) is 4.07. The summed E-state index contributed by atoms with van der Waals surface area (Å²) >= 11 is 10.3. The predicted molar refractivity (Wildman–Crippen MR) is 139 cm³/mol. The van der Waals surface area contributed by atoms with Gasteiger partial charge in [0.15, 0.2) is 11.5 Å². The van der Waals surface area contributed by atoms with Gasteiger partial charge in [-0.3, -0.25) is 4.79 Å². The van der Waals surface area contributed by atoms with E-state index in [9.17, 15) is 9.18 Å². The van der Waals surface area contributed by atoms with Crippen LogP contribution >= 0.6 is 47.8 Å². The molecule has 0 unspecified atom stereocenters. The highest BCUT2D eigenvalue weighted by Crippen LogP contribution is 2.35. The molecule has 178 valence electrons. The van der Waals surface area contributed by atoms with Crippen LogP contribution < -0.4 is 19.6 Å². The van der Waals surface area contributed by atoms with Crippen molar-refractivity contribution in [2.75, 3.05) is 13.7 Å². The fraction of sp³-hybridized carbons (Fsp3) is 0.167. The van der Waals surface area contributed by atoms with Gasteiger partial charge in [0.1, 0.15) is 18.2 Å². The maximum absolute atomic E-state index is 13.1. The first kappa shape index (κ1) is 26.2. The molecule has 3 aromatic rings. The molecule has 0 saturated heterocycles. The number of hydrogen-bond donors (Lipinski definition) is 1. The summed E-state index contributed by atoms with van der Waals surface area (Å²) in [6.07, 6.45) is 1.50. The molecule has 0 spiro atoms. The number of hydrazone groups is 1. The summed E-state index contributed by atoms with van der Waals surface area (Å²) < 4.78 is 31.9. The van der Waals surface area contributed by atoms with E-state index in [1.807, 2.05) is 6.92 Å². The molecule has 6 nitrogen and oxygen atoms in total. The number of nitrogens with zero attached hydrogens (tertiary/aromatic N) is 1. The molecule has 1 N–H and O–H groups in total. The summed E-state index contributed by atoms with van der Waals surface area (Å²) in [7, 11) is 1.54. The Bertz CT molecular complexity index is 1180. The van der Waals surface area contributed by atoms with E-state index >= 15 is 0 Å². The summed E-state index contributed by atoms with van der Waals surface area (Å²) in [5.41, 5.74) is 4.41. The van der Waals surface area contributed by atoms with Crippen molar-refractivity contribution >= 4 is 59.9 Å². The number of methoxy groups -OCH3 is 1. The van der Waals surface area contributed by atoms with Gasteiger partial charge >= 0.3 is 0 Å². The third-order valence-corrected chi connectivity index (χ3v) is 6.37. The smallest absolute Gasteiger partial charge is 0.271 e. The number of carbonyl (C=O) groups excluding carboxylic acids is 1. The molecule has 0 aromatic heterocycles. The van der Waals surface area contributed by atoms with E-state index in [4.69, 9.17) is 14.2 Å². The normalized spacial score (nSPS) is 10.9. The molecule has 10 heteroatoms. The highest BCUT2D eigenvalue weighted by Gasteiger charge is 2.13. The van der Waals surface area contributed by atoms with Crippen LogP contribution in [-0.2, 0) is 6.61 Å². The average molecular weight is 659 g/mol. The second kappa shape index (κ2) is 12.3. The Morgan fingerprint density at radius 3 is 2.26 bits per heavy atom. The van der Waals surface area contributed by atoms with Crippen LogP contribution in [0.3, 0.4) is 0 Å². The lowest BCUT2D eigenvalue weighted by atomic mass is 10.2. The number of amides is 1. The molecule has 3 rings (SSSR count). The SMILES string of the molecule is CCOc1cc(/C=N\NC(=O)c2cc(Br)c(OC)c(Br)c2)c(Br)cc1OCc1ccc(F)cc1. The fourth-order valence-electron chi connectivity index (χ4n) is 2.88. The first-order chi connectivity index (χ1) is 16.3. The van der Waals surface area contributed by atoms with Crippen molar-refractivity contribution in [2.45, 2.75) is 13.5 Å². The lowest BCUT2D eigenvalue weighted by Crippen LogP contribution is -2.17. The van der Waals surface area contributed by atoms with Crippen LogP contribution in [0, 0.1) is 5.82 Å². The van der Waals surface area contributed by atoms with Gasteiger partial charge in [-0.1, -0.05) is 12.1 Å². The highest BCUT2D eigenvalue weighted by atomic mass is 79.9. The molecule has 0 aliphatic rings. The van der Waals surface area contributed by atoms with Crippen molar-refractivity contribution in [2.24, 2.45) is 5.10 Å². The molecule has 0 fully saturated rings. The number of ether oxygens (including phenoxy) is 3. The van der Waals surface area contributed by atoms with Crippen LogP contribution in [0.15, 0.2) is 67.1 Å². The maximum Gasteiger partial charge on any atom is 0.271 e. The zero-order chi connectivity index (χ0) is 24.7. The van der Waals surface area contributed by atoms with E-state index in [2.05, 4.69) is 58.3 Å². The Morgan fingerprint density at radius 2 is 1.65 bits per heavy atom. The zero-order valence-corrected chi connectivity index (χ0v) is 23.0. The maximum atomic E-state index is 13.1. The molecule has 0 heterocycles. The number of rotatable bonds is 9. The average Bonchev–Trinajstić information content (AvgIpc) is 2.80. The predicted octanol–water partition coefficient (Wildman–Crippen LogP) is 6.86. The van der Waals surface area contributed by atoms with Gasteiger partial charge in [0, 0.05) is 15.6 Å². The lowest BCUT2D eigenvalue weighted by Gasteiger charge is -2.14. The molecule has 0 aliphatic heterocycles. The van der Waals surface area contributed by atoms with Gasteiger partial charge in [0.2, 0.25) is 0 Å². The Kier molecular flexibility index (Phi) is 9.49. The first-order valence-corrected chi connectivity index (χ1v) is 12.4. The third kappa shape index (κ3) is 6.80. The molecule has 3 aromatic carbocycles. The van der Waals surface area contributed by atoms with Gasteiger partial charge in [-0.2, -0.15) is 5.10 Å².